The number of carbonyl (C=O) groups is 1. The Morgan fingerprint density at radius 1 is 0.882 bits per heavy atom. The number of ether oxygens (including phenoxy) is 2. The molecule has 0 radical (unpaired) electrons. The lowest BCUT2D eigenvalue weighted by Gasteiger charge is -2.36. The minimum Gasteiger partial charge on any atom is -0.497 e. The van der Waals surface area contributed by atoms with Gasteiger partial charge < -0.3 is 19.3 Å². The zero-order chi connectivity index (χ0) is 24.2. The normalized spacial score (nSPS) is 13.7. The van der Waals surface area contributed by atoms with E-state index in [9.17, 15) is 4.79 Å². The molecule has 1 amide bonds. The summed E-state index contributed by atoms with van der Waals surface area (Å²) in [5.74, 6) is 2.93. The van der Waals surface area contributed by atoms with Crippen LogP contribution in [0.3, 0.4) is 0 Å². The van der Waals surface area contributed by atoms with E-state index in [-0.39, 0.29) is 5.91 Å². The fraction of sp³-hybridized carbons (Fsp3) is 0.370. The van der Waals surface area contributed by atoms with E-state index in [1.807, 2.05) is 11.8 Å². The Morgan fingerprint density at radius 3 is 2.09 bits per heavy atom. The van der Waals surface area contributed by atoms with Crippen molar-refractivity contribution in [3.05, 3.63) is 76.2 Å². The molecule has 34 heavy (non-hydrogen) atoms. The monoisotopic (exact) mass is 460 g/mol. The van der Waals surface area contributed by atoms with E-state index in [0.29, 0.717) is 43.2 Å². The predicted octanol–water partition coefficient (Wildman–Crippen LogP) is 3.97. The molecule has 178 valence electrons. The first kappa shape index (κ1) is 23.5. The number of hydrogen-bond donors (Lipinski definition) is 0. The van der Waals surface area contributed by atoms with Gasteiger partial charge in [0.05, 0.1) is 14.2 Å². The van der Waals surface area contributed by atoms with E-state index < -0.39 is 0 Å². The van der Waals surface area contributed by atoms with Gasteiger partial charge in [0.2, 0.25) is 0 Å². The molecule has 2 aromatic carbocycles. The second kappa shape index (κ2) is 10.1. The van der Waals surface area contributed by atoms with E-state index in [2.05, 4.69) is 48.0 Å². The van der Waals surface area contributed by atoms with E-state index in [0.717, 1.165) is 29.3 Å². The summed E-state index contributed by atoms with van der Waals surface area (Å²) < 4.78 is 10.7. The lowest BCUT2D eigenvalue weighted by Crippen LogP contribution is -2.49. The van der Waals surface area contributed by atoms with Crippen LogP contribution in [0.5, 0.6) is 11.5 Å². The van der Waals surface area contributed by atoms with Crippen LogP contribution in [0, 0.1) is 20.8 Å². The standard InChI is InChI=1S/C27H32N4O3/c1-18-6-8-21(9-7-18)14-25-19(2)28-20(3)29-26(25)30-10-12-31(13-11-30)27(32)22-15-23(33-4)17-24(16-22)34-5/h6-9,15-17H,10-14H2,1-5H3. The van der Waals surface area contributed by atoms with Gasteiger partial charge in [0.1, 0.15) is 23.1 Å². The molecule has 2 heterocycles. The zero-order valence-electron chi connectivity index (χ0n) is 20.6. The molecule has 1 aromatic heterocycles. The molecular formula is C27H32N4O3. The molecule has 4 rings (SSSR count). The van der Waals surface area contributed by atoms with Crippen LogP contribution >= 0.6 is 0 Å². The summed E-state index contributed by atoms with van der Waals surface area (Å²) in [5.41, 5.74) is 5.20. The number of aromatic nitrogens is 2. The lowest BCUT2D eigenvalue weighted by atomic mass is 10.0. The minimum absolute atomic E-state index is 0.0215. The van der Waals surface area contributed by atoms with Gasteiger partial charge in [-0.15, -0.1) is 0 Å². The summed E-state index contributed by atoms with van der Waals surface area (Å²) in [5, 5.41) is 0. The highest BCUT2D eigenvalue weighted by molar-refractivity contribution is 5.95. The van der Waals surface area contributed by atoms with Crippen molar-refractivity contribution in [1.82, 2.24) is 14.9 Å². The van der Waals surface area contributed by atoms with Crippen molar-refractivity contribution < 1.29 is 14.3 Å². The van der Waals surface area contributed by atoms with Gasteiger partial charge in [0, 0.05) is 55.5 Å². The molecule has 0 bridgehead atoms. The van der Waals surface area contributed by atoms with Crippen molar-refractivity contribution in [2.24, 2.45) is 0 Å². The van der Waals surface area contributed by atoms with Crippen molar-refractivity contribution in [2.75, 3.05) is 45.3 Å². The van der Waals surface area contributed by atoms with Crippen LogP contribution in [0.15, 0.2) is 42.5 Å². The first-order chi connectivity index (χ1) is 16.4. The Kier molecular flexibility index (Phi) is 7.01. The van der Waals surface area contributed by atoms with E-state index in [1.165, 1.54) is 11.1 Å². The molecular weight excluding hydrogens is 428 g/mol. The number of aryl methyl sites for hydroxylation is 3. The number of nitrogens with zero attached hydrogens (tertiary/aromatic N) is 4. The molecule has 7 nitrogen and oxygen atoms in total. The van der Waals surface area contributed by atoms with Gasteiger partial charge in [-0.25, -0.2) is 9.97 Å². The highest BCUT2D eigenvalue weighted by atomic mass is 16.5. The second-order valence-corrected chi connectivity index (χ2v) is 8.70. The highest BCUT2D eigenvalue weighted by Gasteiger charge is 2.26. The van der Waals surface area contributed by atoms with Gasteiger partial charge >= 0.3 is 0 Å². The summed E-state index contributed by atoms with van der Waals surface area (Å²) in [4.78, 5) is 26.8. The van der Waals surface area contributed by atoms with Crippen LogP contribution in [0.2, 0.25) is 0 Å². The van der Waals surface area contributed by atoms with Gasteiger partial charge in [-0.3, -0.25) is 4.79 Å². The summed E-state index contributed by atoms with van der Waals surface area (Å²) in [6, 6.07) is 13.9. The van der Waals surface area contributed by atoms with E-state index in [4.69, 9.17) is 14.5 Å². The van der Waals surface area contributed by atoms with E-state index >= 15 is 0 Å². The van der Waals surface area contributed by atoms with E-state index in [1.54, 1.807) is 32.4 Å². The number of carbonyl (C=O) groups excluding carboxylic acids is 1. The molecule has 0 saturated carbocycles. The van der Waals surface area contributed by atoms with Crippen LogP contribution in [-0.2, 0) is 6.42 Å². The molecule has 7 heteroatoms. The number of anilines is 1. The summed E-state index contributed by atoms with van der Waals surface area (Å²) in [6.45, 7) is 8.74. The largest absolute Gasteiger partial charge is 0.497 e. The Bertz CT molecular complexity index is 1150. The van der Waals surface area contributed by atoms with Crippen molar-refractivity contribution in [1.29, 1.82) is 0 Å². The van der Waals surface area contributed by atoms with Gasteiger partial charge in [-0.1, -0.05) is 29.8 Å². The molecule has 0 aliphatic carbocycles. The number of piperazine rings is 1. The van der Waals surface area contributed by atoms with Crippen LogP contribution in [0.4, 0.5) is 5.82 Å². The molecule has 1 aliphatic rings. The highest BCUT2D eigenvalue weighted by Crippen LogP contribution is 2.27. The van der Waals surface area contributed by atoms with Crippen molar-refractivity contribution >= 4 is 11.7 Å². The molecule has 1 fully saturated rings. The topological polar surface area (TPSA) is 67.8 Å². The molecule has 1 saturated heterocycles. The lowest BCUT2D eigenvalue weighted by molar-refractivity contribution is 0.0745. The van der Waals surface area contributed by atoms with Crippen LogP contribution < -0.4 is 14.4 Å². The number of methoxy groups -OCH3 is 2. The smallest absolute Gasteiger partial charge is 0.254 e. The average molecular weight is 461 g/mol. The van der Waals surface area contributed by atoms with Crippen molar-refractivity contribution in [2.45, 2.75) is 27.2 Å². The summed E-state index contributed by atoms with van der Waals surface area (Å²) in [6.07, 6.45) is 0.782. The number of amides is 1. The fourth-order valence-electron chi connectivity index (χ4n) is 4.33. The van der Waals surface area contributed by atoms with Gasteiger partial charge in [-0.05, 0) is 38.5 Å². The van der Waals surface area contributed by atoms with Crippen molar-refractivity contribution in [3.63, 3.8) is 0 Å². The molecule has 0 N–H and O–H groups in total. The SMILES string of the molecule is COc1cc(OC)cc(C(=O)N2CCN(c3nc(C)nc(C)c3Cc3ccc(C)cc3)CC2)c1. The second-order valence-electron chi connectivity index (χ2n) is 8.70. The third kappa shape index (κ3) is 5.14. The number of benzene rings is 2. The third-order valence-corrected chi connectivity index (χ3v) is 6.27. The van der Waals surface area contributed by atoms with Crippen LogP contribution in [0.25, 0.3) is 0 Å². The van der Waals surface area contributed by atoms with Crippen LogP contribution in [-0.4, -0.2) is 61.2 Å². The third-order valence-electron chi connectivity index (χ3n) is 6.27. The number of rotatable bonds is 6. The zero-order valence-corrected chi connectivity index (χ0v) is 20.6. The minimum atomic E-state index is -0.0215. The maximum absolute atomic E-state index is 13.2. The average Bonchev–Trinajstić information content (AvgIpc) is 2.86. The molecule has 0 spiro atoms. The fourth-order valence-corrected chi connectivity index (χ4v) is 4.33. The van der Waals surface area contributed by atoms with Crippen LogP contribution in [0.1, 0.15) is 38.6 Å². The van der Waals surface area contributed by atoms with Gasteiger partial charge in [0.25, 0.3) is 5.91 Å². The maximum atomic E-state index is 13.2. The quantitative estimate of drug-likeness (QED) is 0.555. The Labute approximate surface area is 201 Å². The first-order valence-corrected chi connectivity index (χ1v) is 11.5. The molecule has 3 aromatic rings. The first-order valence-electron chi connectivity index (χ1n) is 11.5. The summed E-state index contributed by atoms with van der Waals surface area (Å²) >= 11 is 0. The molecule has 0 atom stereocenters. The van der Waals surface area contributed by atoms with Gasteiger partial charge in [0.15, 0.2) is 0 Å². The number of hydrogen-bond acceptors (Lipinski definition) is 6. The molecule has 1 aliphatic heterocycles. The predicted molar refractivity (Wildman–Crippen MR) is 133 cm³/mol. The summed E-state index contributed by atoms with van der Waals surface area (Å²) in [7, 11) is 3.17. The Hall–Kier alpha value is -3.61. The van der Waals surface area contributed by atoms with Gasteiger partial charge in [-0.2, -0.15) is 0 Å². The van der Waals surface area contributed by atoms with Crippen molar-refractivity contribution in [3.8, 4) is 11.5 Å². The molecule has 0 unspecified atom stereocenters. The maximum Gasteiger partial charge on any atom is 0.254 e. The Balaban J connectivity index is 1.52. The Morgan fingerprint density at radius 2 is 1.50 bits per heavy atom.